The van der Waals surface area contributed by atoms with Gasteiger partial charge in [0.2, 0.25) is 0 Å². The van der Waals surface area contributed by atoms with Crippen molar-refractivity contribution < 1.29 is 5.11 Å². The van der Waals surface area contributed by atoms with Gasteiger partial charge in [-0.15, -0.1) is 0 Å². The van der Waals surface area contributed by atoms with Gasteiger partial charge in [-0.3, -0.25) is 4.98 Å². The fraction of sp³-hybridized carbons (Fsp3) is 0.333. The third kappa shape index (κ3) is 2.28. The molecule has 83 valence electrons. The molecule has 0 spiro atoms. The number of hydrogen-bond donors (Lipinski definition) is 0. The summed E-state index contributed by atoms with van der Waals surface area (Å²) < 4.78 is 1.53. The maximum atomic E-state index is 12.0. The Morgan fingerprint density at radius 1 is 1.44 bits per heavy atom. The molecule has 0 saturated carbocycles. The topological polar surface area (TPSA) is 50.6 Å². The Bertz CT molecular complexity index is 464. The van der Waals surface area contributed by atoms with Crippen LogP contribution >= 0.6 is 0 Å². The summed E-state index contributed by atoms with van der Waals surface area (Å²) in [6, 6.07) is 5.65. The van der Waals surface area contributed by atoms with Gasteiger partial charge in [0.25, 0.3) is 0 Å². The normalized spacial score (nSPS) is 12.7. The third-order valence-corrected chi connectivity index (χ3v) is 2.45. The molecular weight excluding hydrogens is 202 g/mol. The lowest BCUT2D eigenvalue weighted by Crippen LogP contribution is -2.13. The standard InChI is InChI=1S/C12H14N3O/c1-9-6-10(2)15(14-9)12(16)7-11-4-3-5-13-8-11/h3-6,8,12H,7H2,1-2H3. The summed E-state index contributed by atoms with van der Waals surface area (Å²) >= 11 is 0. The van der Waals surface area contributed by atoms with E-state index in [1.807, 2.05) is 32.0 Å². The van der Waals surface area contributed by atoms with Gasteiger partial charge in [-0.25, -0.2) is 9.79 Å². The fourth-order valence-corrected chi connectivity index (χ4v) is 1.74. The van der Waals surface area contributed by atoms with Crippen LogP contribution in [0.25, 0.3) is 0 Å². The lowest BCUT2D eigenvalue weighted by atomic mass is 10.2. The van der Waals surface area contributed by atoms with Crippen molar-refractivity contribution in [2.75, 3.05) is 0 Å². The number of aryl methyl sites for hydroxylation is 2. The Balaban J connectivity index is 2.14. The summed E-state index contributed by atoms with van der Waals surface area (Å²) in [4.78, 5) is 3.99. The van der Waals surface area contributed by atoms with Crippen LogP contribution in [0.15, 0.2) is 30.6 Å². The van der Waals surface area contributed by atoms with E-state index in [9.17, 15) is 5.11 Å². The highest BCUT2D eigenvalue weighted by Crippen LogP contribution is 2.14. The lowest BCUT2D eigenvalue weighted by molar-refractivity contribution is 0.0151. The molecule has 0 aromatic carbocycles. The summed E-state index contributed by atoms with van der Waals surface area (Å²) in [7, 11) is 0. The average molecular weight is 216 g/mol. The minimum Gasteiger partial charge on any atom is -0.264 e. The average Bonchev–Trinajstić information content (AvgIpc) is 2.59. The molecule has 1 radical (unpaired) electrons. The first-order chi connectivity index (χ1) is 7.66. The van der Waals surface area contributed by atoms with E-state index in [0.717, 1.165) is 17.0 Å². The molecule has 2 heterocycles. The number of rotatable bonds is 3. The van der Waals surface area contributed by atoms with E-state index >= 15 is 0 Å². The van der Waals surface area contributed by atoms with Gasteiger partial charge < -0.3 is 0 Å². The van der Waals surface area contributed by atoms with Crippen molar-refractivity contribution in [1.29, 1.82) is 0 Å². The largest absolute Gasteiger partial charge is 0.264 e. The fourth-order valence-electron chi connectivity index (χ4n) is 1.74. The highest BCUT2D eigenvalue weighted by atomic mass is 16.3. The first-order valence-corrected chi connectivity index (χ1v) is 5.24. The lowest BCUT2D eigenvalue weighted by Gasteiger charge is -2.10. The van der Waals surface area contributed by atoms with Gasteiger partial charge in [0.15, 0.2) is 6.23 Å². The van der Waals surface area contributed by atoms with Crippen molar-refractivity contribution in [3.8, 4) is 0 Å². The summed E-state index contributed by atoms with van der Waals surface area (Å²) in [6.45, 7) is 3.79. The SMILES string of the molecule is Cc1cc(C)n(C([O])Cc2cccnc2)n1. The summed E-state index contributed by atoms with van der Waals surface area (Å²) in [5, 5.41) is 16.2. The van der Waals surface area contributed by atoms with Gasteiger partial charge in [0.05, 0.1) is 5.69 Å². The van der Waals surface area contributed by atoms with E-state index in [0.29, 0.717) is 6.42 Å². The van der Waals surface area contributed by atoms with Crippen molar-refractivity contribution in [3.63, 3.8) is 0 Å². The Hall–Kier alpha value is -1.68. The van der Waals surface area contributed by atoms with E-state index in [1.54, 1.807) is 12.4 Å². The molecule has 0 amide bonds. The van der Waals surface area contributed by atoms with Gasteiger partial charge in [0, 0.05) is 24.5 Å². The smallest absolute Gasteiger partial charge is 0.188 e. The van der Waals surface area contributed by atoms with Crippen LogP contribution in [0.2, 0.25) is 0 Å². The first-order valence-electron chi connectivity index (χ1n) is 5.24. The number of aromatic nitrogens is 3. The number of nitrogens with zero attached hydrogens (tertiary/aromatic N) is 3. The van der Waals surface area contributed by atoms with Crippen LogP contribution < -0.4 is 0 Å². The van der Waals surface area contributed by atoms with E-state index < -0.39 is 6.23 Å². The molecule has 2 aromatic heterocycles. The summed E-state index contributed by atoms with van der Waals surface area (Å²) in [5.41, 5.74) is 2.72. The molecule has 1 atom stereocenters. The maximum Gasteiger partial charge on any atom is 0.188 e. The van der Waals surface area contributed by atoms with Crippen LogP contribution in [-0.4, -0.2) is 14.8 Å². The Morgan fingerprint density at radius 3 is 2.81 bits per heavy atom. The zero-order chi connectivity index (χ0) is 11.5. The third-order valence-electron chi connectivity index (χ3n) is 2.45. The molecular formula is C12H14N3O. The van der Waals surface area contributed by atoms with Crippen molar-refractivity contribution in [1.82, 2.24) is 14.8 Å². The predicted octanol–water partition coefficient (Wildman–Crippen LogP) is 2.07. The van der Waals surface area contributed by atoms with Gasteiger partial charge in [0.1, 0.15) is 0 Å². The van der Waals surface area contributed by atoms with Crippen molar-refractivity contribution in [3.05, 3.63) is 47.5 Å². The van der Waals surface area contributed by atoms with Crippen LogP contribution in [0.5, 0.6) is 0 Å². The Labute approximate surface area is 94.6 Å². The Kier molecular flexibility index (Phi) is 3.01. The minimum absolute atomic E-state index is 0.412. The molecule has 16 heavy (non-hydrogen) atoms. The second kappa shape index (κ2) is 4.45. The quantitative estimate of drug-likeness (QED) is 0.788. The predicted molar refractivity (Wildman–Crippen MR) is 59.4 cm³/mol. The monoisotopic (exact) mass is 216 g/mol. The molecule has 0 bridgehead atoms. The van der Waals surface area contributed by atoms with E-state index in [4.69, 9.17) is 0 Å². The second-order valence-electron chi connectivity index (χ2n) is 3.89. The van der Waals surface area contributed by atoms with Crippen LogP contribution in [0, 0.1) is 13.8 Å². The van der Waals surface area contributed by atoms with Crippen LogP contribution in [0.3, 0.4) is 0 Å². The zero-order valence-corrected chi connectivity index (χ0v) is 9.42. The second-order valence-corrected chi connectivity index (χ2v) is 3.89. The Morgan fingerprint density at radius 2 is 2.25 bits per heavy atom. The molecule has 0 aliphatic carbocycles. The van der Waals surface area contributed by atoms with Crippen LogP contribution in [0.4, 0.5) is 0 Å². The number of pyridine rings is 1. The first kappa shape index (κ1) is 10.8. The molecule has 0 aliphatic heterocycles. The molecule has 0 N–H and O–H groups in total. The van der Waals surface area contributed by atoms with Crippen LogP contribution in [0.1, 0.15) is 23.2 Å². The molecule has 4 heteroatoms. The summed E-state index contributed by atoms with van der Waals surface area (Å²) in [5.74, 6) is 0. The maximum absolute atomic E-state index is 12.0. The van der Waals surface area contributed by atoms with Crippen LogP contribution in [-0.2, 0) is 11.5 Å². The van der Waals surface area contributed by atoms with Gasteiger partial charge in [-0.2, -0.15) is 5.10 Å². The van der Waals surface area contributed by atoms with Gasteiger partial charge in [-0.1, -0.05) is 6.07 Å². The van der Waals surface area contributed by atoms with Gasteiger partial charge in [-0.05, 0) is 31.5 Å². The highest BCUT2D eigenvalue weighted by Gasteiger charge is 2.13. The molecule has 4 nitrogen and oxygen atoms in total. The highest BCUT2D eigenvalue weighted by molar-refractivity contribution is 5.11. The van der Waals surface area contributed by atoms with E-state index in [2.05, 4.69) is 10.1 Å². The van der Waals surface area contributed by atoms with Crippen molar-refractivity contribution in [2.24, 2.45) is 0 Å². The molecule has 0 aliphatic rings. The minimum atomic E-state index is -0.877. The molecule has 1 unspecified atom stereocenters. The molecule has 0 fully saturated rings. The van der Waals surface area contributed by atoms with E-state index in [1.165, 1.54) is 4.68 Å². The van der Waals surface area contributed by atoms with Crippen molar-refractivity contribution >= 4 is 0 Å². The molecule has 2 rings (SSSR count). The van der Waals surface area contributed by atoms with Crippen molar-refractivity contribution in [2.45, 2.75) is 26.5 Å². The number of hydrogen-bond acceptors (Lipinski definition) is 2. The summed E-state index contributed by atoms with van der Waals surface area (Å²) in [6.07, 6.45) is 2.96. The molecule has 2 aromatic rings. The zero-order valence-electron chi connectivity index (χ0n) is 9.42. The molecule has 0 saturated heterocycles. The van der Waals surface area contributed by atoms with Gasteiger partial charge >= 0.3 is 0 Å². The van der Waals surface area contributed by atoms with E-state index in [-0.39, 0.29) is 0 Å².